The van der Waals surface area contributed by atoms with Gasteiger partial charge in [-0.05, 0) is 61.5 Å². The van der Waals surface area contributed by atoms with Crippen molar-refractivity contribution in [2.24, 2.45) is 0 Å². The van der Waals surface area contributed by atoms with Gasteiger partial charge in [-0.15, -0.1) is 0 Å². The Labute approximate surface area is 159 Å². The van der Waals surface area contributed by atoms with Crippen LogP contribution in [0.2, 0.25) is 0 Å². The molecule has 1 N–H and O–H groups in total. The summed E-state index contributed by atoms with van der Waals surface area (Å²) in [5.74, 6) is 1.21. The molecule has 0 aliphatic carbocycles. The molecule has 0 aliphatic rings. The Bertz CT molecular complexity index is 860. The zero-order valence-electron chi connectivity index (χ0n) is 14.2. The predicted molar refractivity (Wildman–Crippen MR) is 103 cm³/mol. The second-order valence-corrected chi connectivity index (χ2v) is 6.29. The number of rotatable bonds is 7. The number of hydrogen-bond acceptors (Lipinski definition) is 4. The third-order valence-corrected chi connectivity index (χ3v) is 4.00. The van der Waals surface area contributed by atoms with Gasteiger partial charge in [0.15, 0.2) is 12.4 Å². The number of ether oxygens (including phenoxy) is 2. The molecule has 26 heavy (non-hydrogen) atoms. The summed E-state index contributed by atoms with van der Waals surface area (Å²) in [5, 5.41) is 7.04. The molecule has 1 heterocycles. The van der Waals surface area contributed by atoms with Crippen molar-refractivity contribution in [2.45, 2.75) is 13.7 Å². The van der Waals surface area contributed by atoms with Crippen molar-refractivity contribution in [1.82, 2.24) is 9.78 Å². The van der Waals surface area contributed by atoms with Crippen molar-refractivity contribution >= 4 is 27.5 Å². The second-order valence-electron chi connectivity index (χ2n) is 5.38. The van der Waals surface area contributed by atoms with E-state index in [2.05, 4.69) is 26.3 Å². The largest absolute Gasteiger partial charge is 0.494 e. The molecule has 0 spiro atoms. The number of carbonyl (C=O) groups excluding carboxylic acids is 1. The van der Waals surface area contributed by atoms with Crippen LogP contribution in [0.1, 0.15) is 17.4 Å². The minimum atomic E-state index is -0.281. The minimum Gasteiger partial charge on any atom is -0.494 e. The predicted octanol–water partition coefficient (Wildman–Crippen LogP) is 4.33. The monoisotopic (exact) mass is 415 g/mol. The third-order valence-electron chi connectivity index (χ3n) is 3.47. The van der Waals surface area contributed by atoms with Gasteiger partial charge in [0, 0.05) is 16.4 Å². The Morgan fingerprint density at radius 1 is 1.04 bits per heavy atom. The Balaban J connectivity index is 1.56. The topological polar surface area (TPSA) is 65.4 Å². The van der Waals surface area contributed by atoms with Crippen molar-refractivity contribution in [3.05, 3.63) is 71.0 Å². The minimum absolute atomic E-state index is 0.220. The van der Waals surface area contributed by atoms with Crippen LogP contribution in [0.15, 0.2) is 65.3 Å². The second kappa shape index (κ2) is 8.53. The van der Waals surface area contributed by atoms with E-state index in [1.165, 1.54) is 0 Å². The average Bonchev–Trinajstić information content (AvgIpc) is 3.12. The van der Waals surface area contributed by atoms with Crippen molar-refractivity contribution in [2.75, 3.05) is 11.9 Å². The fourth-order valence-electron chi connectivity index (χ4n) is 2.22. The van der Waals surface area contributed by atoms with Gasteiger partial charge >= 0.3 is 0 Å². The lowest BCUT2D eigenvalue weighted by molar-refractivity contribution is 0.102. The lowest BCUT2D eigenvalue weighted by Crippen LogP contribution is -2.14. The molecule has 0 unspecified atom stereocenters. The molecular weight excluding hydrogens is 398 g/mol. The normalized spacial score (nSPS) is 10.4. The summed E-state index contributed by atoms with van der Waals surface area (Å²) in [6.45, 7) is 2.75. The lowest BCUT2D eigenvalue weighted by atomic mass is 10.3. The van der Waals surface area contributed by atoms with E-state index in [1.54, 1.807) is 29.1 Å². The van der Waals surface area contributed by atoms with E-state index >= 15 is 0 Å². The summed E-state index contributed by atoms with van der Waals surface area (Å²) < 4.78 is 13.6. The summed E-state index contributed by atoms with van der Waals surface area (Å²) in [7, 11) is 0. The van der Waals surface area contributed by atoms with Crippen molar-refractivity contribution in [3.8, 4) is 11.5 Å². The molecule has 0 saturated carbocycles. The summed E-state index contributed by atoms with van der Waals surface area (Å²) in [5.41, 5.74) is 0.998. The van der Waals surface area contributed by atoms with Gasteiger partial charge < -0.3 is 14.8 Å². The summed E-state index contributed by atoms with van der Waals surface area (Å²) in [6, 6.07) is 16.3. The maximum absolute atomic E-state index is 12.3. The number of nitrogens with zero attached hydrogens (tertiary/aromatic N) is 2. The van der Waals surface area contributed by atoms with Gasteiger partial charge in [-0.1, -0.05) is 15.9 Å². The number of halogens is 1. The Morgan fingerprint density at radius 2 is 1.69 bits per heavy atom. The molecule has 2 aromatic carbocycles. The number of amides is 1. The molecular formula is C19H18BrN3O3. The van der Waals surface area contributed by atoms with Gasteiger partial charge in [-0.25, -0.2) is 4.68 Å². The van der Waals surface area contributed by atoms with E-state index in [9.17, 15) is 4.79 Å². The van der Waals surface area contributed by atoms with E-state index in [1.807, 2.05) is 43.3 Å². The van der Waals surface area contributed by atoms with Crippen LogP contribution >= 0.6 is 15.9 Å². The number of hydrogen-bond donors (Lipinski definition) is 1. The van der Waals surface area contributed by atoms with Crippen LogP contribution in [0.4, 0.5) is 5.69 Å². The van der Waals surface area contributed by atoms with Crippen LogP contribution in [-0.4, -0.2) is 22.3 Å². The van der Waals surface area contributed by atoms with Gasteiger partial charge in [-0.3, -0.25) is 4.79 Å². The van der Waals surface area contributed by atoms with Crippen LogP contribution in [-0.2, 0) is 6.73 Å². The molecule has 7 heteroatoms. The number of aromatic nitrogens is 2. The molecule has 0 saturated heterocycles. The van der Waals surface area contributed by atoms with E-state index < -0.39 is 0 Å². The van der Waals surface area contributed by atoms with E-state index in [-0.39, 0.29) is 12.6 Å². The number of nitrogens with one attached hydrogen (secondary N) is 1. The summed E-state index contributed by atoms with van der Waals surface area (Å²) >= 11 is 3.37. The van der Waals surface area contributed by atoms with E-state index in [4.69, 9.17) is 9.47 Å². The maximum Gasteiger partial charge on any atom is 0.276 e. The lowest BCUT2D eigenvalue weighted by Gasteiger charge is -2.07. The molecule has 1 aromatic heterocycles. The molecule has 0 bridgehead atoms. The summed E-state index contributed by atoms with van der Waals surface area (Å²) in [6.07, 6.45) is 1.70. The van der Waals surface area contributed by atoms with Gasteiger partial charge in [0.1, 0.15) is 11.5 Å². The number of anilines is 1. The van der Waals surface area contributed by atoms with Gasteiger partial charge in [0.25, 0.3) is 5.91 Å². The van der Waals surface area contributed by atoms with E-state index in [0.717, 1.165) is 16.0 Å². The van der Waals surface area contributed by atoms with Gasteiger partial charge in [0.05, 0.1) is 6.61 Å². The zero-order valence-corrected chi connectivity index (χ0v) is 15.8. The quantitative estimate of drug-likeness (QED) is 0.623. The fourth-order valence-corrected chi connectivity index (χ4v) is 2.49. The highest BCUT2D eigenvalue weighted by molar-refractivity contribution is 9.10. The smallest absolute Gasteiger partial charge is 0.276 e. The molecule has 3 rings (SSSR count). The number of benzene rings is 2. The average molecular weight is 416 g/mol. The van der Waals surface area contributed by atoms with Crippen LogP contribution in [0.5, 0.6) is 11.5 Å². The highest BCUT2D eigenvalue weighted by Gasteiger charge is 2.10. The Kier molecular flexibility index (Phi) is 5.91. The molecule has 3 aromatic rings. The van der Waals surface area contributed by atoms with Crippen molar-refractivity contribution in [1.29, 1.82) is 0 Å². The molecule has 0 atom stereocenters. The van der Waals surface area contributed by atoms with Crippen molar-refractivity contribution < 1.29 is 14.3 Å². The van der Waals surface area contributed by atoms with Gasteiger partial charge in [0.2, 0.25) is 0 Å². The SMILES string of the molecule is CCOc1ccc(NC(=O)c2ccn(COc3ccc(Br)cc3)n2)cc1. The highest BCUT2D eigenvalue weighted by Crippen LogP contribution is 2.17. The third kappa shape index (κ3) is 4.86. The highest BCUT2D eigenvalue weighted by atomic mass is 79.9. The molecule has 1 amide bonds. The molecule has 6 nitrogen and oxygen atoms in total. The molecule has 134 valence electrons. The van der Waals surface area contributed by atoms with Crippen LogP contribution in [0, 0.1) is 0 Å². The first kappa shape index (κ1) is 18.0. The standard InChI is InChI=1S/C19H18BrN3O3/c1-2-25-16-9-5-15(6-10-16)21-19(24)18-11-12-23(22-18)13-26-17-7-3-14(20)4-8-17/h3-12H,2,13H2,1H3,(H,21,24). The summed E-state index contributed by atoms with van der Waals surface area (Å²) in [4.78, 5) is 12.3. The first-order chi connectivity index (χ1) is 12.6. The Hall–Kier alpha value is -2.80. The first-order valence-corrected chi connectivity index (χ1v) is 8.89. The van der Waals surface area contributed by atoms with Crippen LogP contribution in [0.3, 0.4) is 0 Å². The Morgan fingerprint density at radius 3 is 2.38 bits per heavy atom. The maximum atomic E-state index is 12.3. The first-order valence-electron chi connectivity index (χ1n) is 8.10. The fraction of sp³-hybridized carbons (Fsp3) is 0.158. The van der Waals surface area contributed by atoms with Crippen LogP contribution in [0.25, 0.3) is 0 Å². The molecule has 0 fully saturated rings. The van der Waals surface area contributed by atoms with E-state index in [0.29, 0.717) is 18.0 Å². The molecule has 0 aliphatic heterocycles. The van der Waals surface area contributed by atoms with Crippen molar-refractivity contribution in [3.63, 3.8) is 0 Å². The van der Waals surface area contributed by atoms with Gasteiger partial charge in [-0.2, -0.15) is 5.10 Å². The number of carbonyl (C=O) groups is 1. The molecule has 0 radical (unpaired) electrons. The zero-order chi connectivity index (χ0) is 18.4. The van der Waals surface area contributed by atoms with Crippen LogP contribution < -0.4 is 14.8 Å².